The van der Waals surface area contributed by atoms with Gasteiger partial charge in [-0.2, -0.15) is 0 Å². The van der Waals surface area contributed by atoms with Crippen molar-refractivity contribution in [3.63, 3.8) is 0 Å². The molecular formula is C11H12N2O3. The van der Waals surface area contributed by atoms with Crippen molar-refractivity contribution in [2.24, 2.45) is 0 Å². The summed E-state index contributed by atoms with van der Waals surface area (Å²) in [6, 6.07) is 2.98. The zero-order valence-electron chi connectivity index (χ0n) is 9.02. The summed E-state index contributed by atoms with van der Waals surface area (Å²) < 4.78 is 5.43. The Hall–Kier alpha value is -2.04. The van der Waals surface area contributed by atoms with Crippen molar-refractivity contribution in [1.82, 2.24) is 4.98 Å². The summed E-state index contributed by atoms with van der Waals surface area (Å²) >= 11 is 0. The molecule has 2 aromatic rings. The van der Waals surface area contributed by atoms with Crippen molar-refractivity contribution in [2.45, 2.75) is 19.8 Å². The van der Waals surface area contributed by atoms with Gasteiger partial charge >= 0.3 is 5.97 Å². The van der Waals surface area contributed by atoms with Gasteiger partial charge in [-0.1, -0.05) is 13.8 Å². The number of nitrogen functional groups attached to an aromatic ring is 1. The highest BCUT2D eigenvalue weighted by Gasteiger charge is 2.17. The predicted octanol–water partition coefficient (Wildman–Crippen LogP) is 2.23. The van der Waals surface area contributed by atoms with Crippen LogP contribution in [0.4, 0.5) is 5.69 Å². The first-order valence-corrected chi connectivity index (χ1v) is 4.92. The molecule has 0 radical (unpaired) electrons. The van der Waals surface area contributed by atoms with E-state index in [2.05, 4.69) is 4.98 Å². The standard InChI is InChI=1S/C11H12N2O3/c1-5(2)10-13-8-4-6(12)3-7(11(14)15)9(8)16-10/h3-5H,12H2,1-2H3,(H,14,15). The number of nitrogens with zero attached hydrogens (tertiary/aromatic N) is 1. The lowest BCUT2D eigenvalue weighted by Crippen LogP contribution is -1.98. The number of carbonyl (C=O) groups is 1. The number of fused-ring (bicyclic) bond motifs is 1. The number of carboxylic acids is 1. The molecule has 1 heterocycles. The van der Waals surface area contributed by atoms with E-state index < -0.39 is 5.97 Å². The second-order valence-electron chi connectivity index (χ2n) is 3.93. The lowest BCUT2D eigenvalue weighted by atomic mass is 10.2. The number of aromatic carboxylic acids is 1. The molecule has 0 saturated carbocycles. The van der Waals surface area contributed by atoms with Crippen LogP contribution in [-0.2, 0) is 0 Å². The van der Waals surface area contributed by atoms with Crippen molar-refractivity contribution >= 4 is 22.8 Å². The molecule has 0 fully saturated rings. The van der Waals surface area contributed by atoms with Crippen LogP contribution in [0.2, 0.25) is 0 Å². The number of hydrogen-bond donors (Lipinski definition) is 2. The van der Waals surface area contributed by atoms with E-state index in [4.69, 9.17) is 15.3 Å². The number of oxazole rings is 1. The number of rotatable bonds is 2. The summed E-state index contributed by atoms with van der Waals surface area (Å²) in [5, 5.41) is 9.01. The van der Waals surface area contributed by atoms with Gasteiger partial charge in [0.15, 0.2) is 11.5 Å². The lowest BCUT2D eigenvalue weighted by Gasteiger charge is -1.97. The molecule has 0 aliphatic carbocycles. The molecule has 0 bridgehead atoms. The minimum absolute atomic E-state index is 0.0504. The second kappa shape index (κ2) is 3.52. The maximum absolute atomic E-state index is 11.0. The molecule has 5 nitrogen and oxygen atoms in total. The van der Waals surface area contributed by atoms with Crippen molar-refractivity contribution in [2.75, 3.05) is 5.73 Å². The molecular weight excluding hydrogens is 208 g/mol. The zero-order chi connectivity index (χ0) is 11.9. The summed E-state index contributed by atoms with van der Waals surface area (Å²) in [5.41, 5.74) is 6.79. The first kappa shape index (κ1) is 10.5. The van der Waals surface area contributed by atoms with Gasteiger partial charge in [0, 0.05) is 11.6 Å². The fraction of sp³-hybridized carbons (Fsp3) is 0.273. The summed E-state index contributed by atoms with van der Waals surface area (Å²) in [6.07, 6.45) is 0. The summed E-state index contributed by atoms with van der Waals surface area (Å²) in [6.45, 7) is 3.85. The second-order valence-corrected chi connectivity index (χ2v) is 3.93. The molecule has 0 atom stereocenters. The molecule has 1 aromatic heterocycles. The first-order chi connectivity index (χ1) is 7.49. The molecule has 16 heavy (non-hydrogen) atoms. The van der Waals surface area contributed by atoms with E-state index in [1.165, 1.54) is 6.07 Å². The molecule has 0 spiro atoms. The lowest BCUT2D eigenvalue weighted by molar-refractivity contribution is 0.0698. The maximum Gasteiger partial charge on any atom is 0.339 e. The van der Waals surface area contributed by atoms with Gasteiger partial charge in [-0.25, -0.2) is 9.78 Å². The van der Waals surface area contributed by atoms with E-state index in [9.17, 15) is 4.79 Å². The number of anilines is 1. The Kier molecular flexibility index (Phi) is 2.30. The van der Waals surface area contributed by atoms with E-state index in [-0.39, 0.29) is 17.1 Å². The van der Waals surface area contributed by atoms with Crippen molar-refractivity contribution in [3.8, 4) is 0 Å². The molecule has 0 saturated heterocycles. The van der Waals surface area contributed by atoms with Crippen LogP contribution >= 0.6 is 0 Å². The molecule has 0 aliphatic heterocycles. The van der Waals surface area contributed by atoms with Crippen LogP contribution in [0.25, 0.3) is 11.1 Å². The van der Waals surface area contributed by atoms with Crippen LogP contribution in [0.3, 0.4) is 0 Å². The molecule has 1 aromatic carbocycles. The van der Waals surface area contributed by atoms with Crippen LogP contribution < -0.4 is 5.73 Å². The average molecular weight is 220 g/mol. The Morgan fingerprint density at radius 2 is 2.19 bits per heavy atom. The third kappa shape index (κ3) is 1.60. The zero-order valence-corrected chi connectivity index (χ0v) is 9.02. The largest absolute Gasteiger partial charge is 0.478 e. The van der Waals surface area contributed by atoms with E-state index in [0.717, 1.165) is 0 Å². The third-order valence-electron chi connectivity index (χ3n) is 2.25. The highest BCUT2D eigenvalue weighted by molar-refractivity contribution is 6.01. The summed E-state index contributed by atoms with van der Waals surface area (Å²) in [4.78, 5) is 15.2. The van der Waals surface area contributed by atoms with Gasteiger partial charge in [0.05, 0.1) is 0 Å². The Morgan fingerprint density at radius 3 is 2.75 bits per heavy atom. The Labute approximate surface area is 91.9 Å². The van der Waals surface area contributed by atoms with Gasteiger partial charge < -0.3 is 15.3 Å². The van der Waals surface area contributed by atoms with E-state index in [1.807, 2.05) is 13.8 Å². The number of carboxylic acid groups (broad SMARTS) is 1. The van der Waals surface area contributed by atoms with Gasteiger partial charge in [-0.3, -0.25) is 0 Å². The highest BCUT2D eigenvalue weighted by Crippen LogP contribution is 2.26. The summed E-state index contributed by atoms with van der Waals surface area (Å²) in [7, 11) is 0. The quantitative estimate of drug-likeness (QED) is 0.757. The average Bonchev–Trinajstić information content (AvgIpc) is 2.59. The SMILES string of the molecule is CC(C)c1nc2cc(N)cc(C(=O)O)c2o1. The number of nitrogens with two attached hydrogens (primary N) is 1. The molecule has 0 aliphatic rings. The number of aromatic nitrogens is 1. The first-order valence-electron chi connectivity index (χ1n) is 4.92. The van der Waals surface area contributed by atoms with Gasteiger partial charge in [-0.05, 0) is 12.1 Å². The van der Waals surface area contributed by atoms with Gasteiger partial charge in [0.1, 0.15) is 11.1 Å². The van der Waals surface area contributed by atoms with Gasteiger partial charge in [-0.15, -0.1) is 0 Å². The van der Waals surface area contributed by atoms with Crippen molar-refractivity contribution in [1.29, 1.82) is 0 Å². The van der Waals surface area contributed by atoms with E-state index in [1.54, 1.807) is 6.07 Å². The Balaban J connectivity index is 2.75. The monoisotopic (exact) mass is 220 g/mol. The number of hydrogen-bond acceptors (Lipinski definition) is 4. The smallest absolute Gasteiger partial charge is 0.339 e. The molecule has 0 amide bonds. The normalized spacial score (nSPS) is 11.2. The van der Waals surface area contributed by atoms with Crippen molar-refractivity contribution < 1.29 is 14.3 Å². The van der Waals surface area contributed by atoms with Crippen LogP contribution in [-0.4, -0.2) is 16.1 Å². The van der Waals surface area contributed by atoms with Crippen LogP contribution in [0.1, 0.15) is 36.0 Å². The van der Waals surface area contributed by atoms with Crippen LogP contribution in [0.5, 0.6) is 0 Å². The molecule has 3 N–H and O–H groups in total. The number of benzene rings is 1. The van der Waals surface area contributed by atoms with E-state index >= 15 is 0 Å². The van der Waals surface area contributed by atoms with Gasteiger partial charge in [0.25, 0.3) is 0 Å². The third-order valence-corrected chi connectivity index (χ3v) is 2.25. The Bertz CT molecular complexity index is 558. The minimum atomic E-state index is -1.07. The van der Waals surface area contributed by atoms with Crippen LogP contribution in [0.15, 0.2) is 16.5 Å². The fourth-order valence-corrected chi connectivity index (χ4v) is 1.48. The maximum atomic E-state index is 11.0. The molecule has 84 valence electrons. The molecule has 5 heteroatoms. The highest BCUT2D eigenvalue weighted by atomic mass is 16.4. The fourth-order valence-electron chi connectivity index (χ4n) is 1.48. The molecule has 2 rings (SSSR count). The topological polar surface area (TPSA) is 89.3 Å². The summed E-state index contributed by atoms with van der Waals surface area (Å²) in [5.74, 6) is -0.442. The predicted molar refractivity (Wildman–Crippen MR) is 59.5 cm³/mol. The van der Waals surface area contributed by atoms with Gasteiger partial charge in [0.2, 0.25) is 0 Å². The molecule has 0 unspecified atom stereocenters. The van der Waals surface area contributed by atoms with E-state index in [0.29, 0.717) is 17.1 Å². The van der Waals surface area contributed by atoms with Crippen LogP contribution in [0, 0.1) is 0 Å². The van der Waals surface area contributed by atoms with Crippen molar-refractivity contribution in [3.05, 3.63) is 23.6 Å². The minimum Gasteiger partial charge on any atom is -0.478 e. The Morgan fingerprint density at radius 1 is 1.50 bits per heavy atom.